The first-order valence-corrected chi connectivity index (χ1v) is 3.34. The van der Waals surface area contributed by atoms with Gasteiger partial charge in [-0.2, -0.15) is 0 Å². The molecule has 0 aliphatic heterocycles. The molecular formula is C7H8FNO. The average molecular weight is 141 g/mol. The molecular weight excluding hydrogens is 133 g/mol. The lowest BCUT2D eigenvalue weighted by molar-refractivity contribution is -0.205. The molecule has 3 aliphatic carbocycles. The lowest BCUT2D eigenvalue weighted by atomic mass is 9.41. The van der Waals surface area contributed by atoms with Crippen LogP contribution in [-0.2, 0) is 4.79 Å². The minimum atomic E-state index is -1.02. The highest BCUT2D eigenvalue weighted by Crippen LogP contribution is 2.69. The summed E-state index contributed by atoms with van der Waals surface area (Å²) in [7, 11) is 0. The number of Topliss-reactive ketones (excluding diaryl/α,β-unsaturated/α-hetero) is 1. The summed E-state index contributed by atoms with van der Waals surface area (Å²) < 4.78 is 12.8. The van der Waals surface area contributed by atoms with Gasteiger partial charge in [-0.05, 0) is 19.3 Å². The molecule has 0 amide bonds. The van der Waals surface area contributed by atoms with Crippen molar-refractivity contribution in [1.82, 2.24) is 0 Å². The van der Waals surface area contributed by atoms with Crippen LogP contribution >= 0.6 is 0 Å². The highest BCUT2D eigenvalue weighted by atomic mass is 19.1. The zero-order valence-corrected chi connectivity index (χ0v) is 5.48. The third-order valence-electron chi connectivity index (χ3n) is 2.62. The Labute approximate surface area is 57.9 Å². The second kappa shape index (κ2) is 1.31. The predicted molar refractivity (Wildman–Crippen MR) is 33.9 cm³/mol. The third-order valence-corrected chi connectivity index (χ3v) is 2.62. The summed E-state index contributed by atoms with van der Waals surface area (Å²) in [5.41, 5.74) is -1.44. The van der Waals surface area contributed by atoms with E-state index < -0.39 is 11.1 Å². The van der Waals surface area contributed by atoms with Gasteiger partial charge in [0.05, 0.1) is 6.21 Å². The number of halogens is 1. The van der Waals surface area contributed by atoms with Crippen molar-refractivity contribution >= 4 is 12.0 Å². The number of carbonyl (C=O) groups excluding carboxylic acids is 1. The third kappa shape index (κ3) is 0.448. The van der Waals surface area contributed by atoms with Crippen molar-refractivity contribution < 1.29 is 9.18 Å². The minimum Gasteiger partial charge on any atom is -0.305 e. The van der Waals surface area contributed by atoms with Gasteiger partial charge >= 0.3 is 0 Å². The van der Waals surface area contributed by atoms with Gasteiger partial charge in [0.25, 0.3) is 0 Å². The summed E-state index contributed by atoms with van der Waals surface area (Å²) in [6.45, 7) is 0. The van der Waals surface area contributed by atoms with Crippen LogP contribution in [-0.4, -0.2) is 17.7 Å². The Kier molecular flexibility index (Phi) is 0.787. The molecule has 3 heteroatoms. The fourth-order valence-corrected chi connectivity index (χ4v) is 2.08. The number of nitrogens with one attached hydrogen (secondary N) is 1. The molecule has 3 saturated carbocycles. The van der Waals surface area contributed by atoms with Gasteiger partial charge in [0.2, 0.25) is 0 Å². The molecule has 0 aromatic rings. The number of alkyl halides is 1. The smallest absolute Gasteiger partial charge is 0.179 e. The summed E-state index contributed by atoms with van der Waals surface area (Å²) in [5, 5.41) is 6.69. The van der Waals surface area contributed by atoms with Gasteiger partial charge in [0.1, 0.15) is 5.67 Å². The molecule has 2 bridgehead atoms. The quantitative estimate of drug-likeness (QED) is 0.575. The molecule has 3 rings (SSSR count). The number of carbonyl (C=O) groups is 1. The molecule has 54 valence electrons. The van der Waals surface area contributed by atoms with E-state index in [4.69, 9.17) is 5.41 Å². The van der Waals surface area contributed by atoms with Crippen LogP contribution in [0.2, 0.25) is 0 Å². The topological polar surface area (TPSA) is 40.9 Å². The van der Waals surface area contributed by atoms with E-state index in [9.17, 15) is 9.18 Å². The highest BCUT2D eigenvalue weighted by molar-refractivity contribution is 6.29. The summed E-state index contributed by atoms with van der Waals surface area (Å²) in [6, 6.07) is 0. The maximum absolute atomic E-state index is 12.8. The summed E-state index contributed by atoms with van der Waals surface area (Å²) >= 11 is 0. The zero-order valence-electron chi connectivity index (χ0n) is 5.48. The van der Waals surface area contributed by atoms with E-state index in [-0.39, 0.29) is 5.78 Å². The van der Waals surface area contributed by atoms with Crippen molar-refractivity contribution in [2.24, 2.45) is 5.41 Å². The molecule has 0 unspecified atom stereocenters. The number of ketones is 1. The Hall–Kier alpha value is -0.730. The van der Waals surface area contributed by atoms with E-state index in [1.165, 1.54) is 0 Å². The average Bonchev–Trinajstić information content (AvgIpc) is 1.77. The van der Waals surface area contributed by atoms with Gasteiger partial charge in [-0.15, -0.1) is 0 Å². The second-order valence-corrected chi connectivity index (χ2v) is 3.47. The molecule has 0 heterocycles. The van der Waals surface area contributed by atoms with Gasteiger partial charge in [-0.3, -0.25) is 4.79 Å². The van der Waals surface area contributed by atoms with Crippen LogP contribution in [0.5, 0.6) is 0 Å². The molecule has 1 N–H and O–H groups in total. The summed E-state index contributed by atoms with van der Waals surface area (Å²) in [5.74, 6) is -0.188. The van der Waals surface area contributed by atoms with Gasteiger partial charge in [0.15, 0.2) is 5.78 Å². The van der Waals surface area contributed by atoms with E-state index in [1.807, 2.05) is 0 Å². The van der Waals surface area contributed by atoms with Crippen LogP contribution in [0.1, 0.15) is 19.3 Å². The van der Waals surface area contributed by atoms with Crippen molar-refractivity contribution in [2.75, 3.05) is 0 Å². The highest BCUT2D eigenvalue weighted by Gasteiger charge is 2.72. The van der Waals surface area contributed by atoms with Crippen molar-refractivity contribution in [1.29, 1.82) is 5.41 Å². The first-order valence-electron chi connectivity index (χ1n) is 3.34. The van der Waals surface area contributed by atoms with Gasteiger partial charge in [0, 0.05) is 5.41 Å². The molecule has 3 fully saturated rings. The lowest BCUT2D eigenvalue weighted by Gasteiger charge is -2.64. The molecule has 0 aromatic heterocycles. The van der Waals surface area contributed by atoms with E-state index >= 15 is 0 Å². The fourth-order valence-electron chi connectivity index (χ4n) is 2.08. The van der Waals surface area contributed by atoms with Crippen LogP contribution in [0.4, 0.5) is 4.39 Å². The van der Waals surface area contributed by atoms with Crippen molar-refractivity contribution in [3.63, 3.8) is 0 Å². The van der Waals surface area contributed by atoms with E-state index in [0.29, 0.717) is 19.3 Å². The van der Waals surface area contributed by atoms with Crippen LogP contribution in [0, 0.1) is 10.8 Å². The predicted octanol–water partition coefficient (Wildman–Crippen LogP) is 1.10. The summed E-state index contributed by atoms with van der Waals surface area (Å²) in [6.07, 6.45) is 1.93. The van der Waals surface area contributed by atoms with E-state index in [1.54, 1.807) is 0 Å². The molecule has 10 heavy (non-hydrogen) atoms. The molecule has 0 radical (unpaired) electrons. The molecule has 0 spiro atoms. The number of hydrogen-bond acceptors (Lipinski definition) is 2. The normalized spacial score (nSPS) is 48.9. The largest absolute Gasteiger partial charge is 0.305 e. The maximum atomic E-state index is 12.8. The zero-order chi connectivity index (χ0) is 7.41. The first-order chi connectivity index (χ1) is 4.60. The van der Waals surface area contributed by atoms with Gasteiger partial charge < -0.3 is 5.41 Å². The van der Waals surface area contributed by atoms with Crippen molar-refractivity contribution in [3.05, 3.63) is 0 Å². The molecule has 0 saturated heterocycles. The molecule has 2 nitrogen and oxygen atoms in total. The van der Waals surface area contributed by atoms with Gasteiger partial charge in [-0.25, -0.2) is 4.39 Å². The Morgan fingerprint density at radius 3 is 2.30 bits per heavy atom. The summed E-state index contributed by atoms with van der Waals surface area (Å²) in [4.78, 5) is 10.9. The second-order valence-electron chi connectivity index (χ2n) is 3.47. The number of hydrogen-bond donors (Lipinski definition) is 1. The van der Waals surface area contributed by atoms with Crippen molar-refractivity contribution in [3.8, 4) is 0 Å². The Bertz CT molecular complexity index is 204. The van der Waals surface area contributed by atoms with Crippen LogP contribution in [0.3, 0.4) is 0 Å². The van der Waals surface area contributed by atoms with Crippen molar-refractivity contribution in [2.45, 2.75) is 24.9 Å². The molecule has 3 aliphatic rings. The van der Waals surface area contributed by atoms with Crippen LogP contribution in [0.15, 0.2) is 0 Å². The Morgan fingerprint density at radius 2 is 2.00 bits per heavy atom. The monoisotopic (exact) mass is 141 g/mol. The van der Waals surface area contributed by atoms with E-state index in [2.05, 4.69) is 0 Å². The molecule has 0 atom stereocenters. The fraction of sp³-hybridized carbons (Fsp3) is 0.714. The van der Waals surface area contributed by atoms with Gasteiger partial charge in [-0.1, -0.05) is 0 Å². The maximum Gasteiger partial charge on any atom is 0.179 e. The minimum absolute atomic E-state index is 0.188. The Balaban J connectivity index is 2.11. The first kappa shape index (κ1) is 6.01. The lowest BCUT2D eigenvalue weighted by Crippen LogP contribution is -2.68. The standard InChI is InChI=1S/C7H8FNO/c8-7-2-6(3-7,4-7)5(10)1-9/h1,9H,2-4H2/t6-,7-. The molecule has 0 aromatic carbocycles. The van der Waals surface area contributed by atoms with Crippen LogP contribution in [0.25, 0.3) is 0 Å². The Morgan fingerprint density at radius 1 is 1.50 bits per heavy atom. The number of rotatable bonds is 2. The van der Waals surface area contributed by atoms with Crippen LogP contribution < -0.4 is 0 Å². The van der Waals surface area contributed by atoms with E-state index in [0.717, 1.165) is 6.21 Å². The SMILES string of the molecule is N=CC(=O)[C@]12C[C@@](F)(C1)C2.